The lowest BCUT2D eigenvalue weighted by Crippen LogP contribution is -2.29. The van der Waals surface area contributed by atoms with Gasteiger partial charge in [-0.15, -0.1) is 0 Å². The summed E-state index contributed by atoms with van der Waals surface area (Å²) in [5, 5.41) is 9.93. The highest BCUT2D eigenvalue weighted by atomic mass is 16.1. The molecule has 0 bridgehead atoms. The molecule has 2 aromatic rings. The average Bonchev–Trinajstić information content (AvgIpc) is 2.74. The SMILES string of the molecule is Cc1ncc2c(c1CNC(=O)c1cccc(CC3CCNCC3)c1)CCNC2. The lowest BCUT2D eigenvalue weighted by Gasteiger charge is -2.23. The number of piperidine rings is 1. The zero-order chi connectivity index (χ0) is 19.3. The number of aromatic nitrogens is 1. The van der Waals surface area contributed by atoms with E-state index in [2.05, 4.69) is 33.1 Å². The fourth-order valence-corrected chi connectivity index (χ4v) is 4.41. The van der Waals surface area contributed by atoms with E-state index in [0.29, 0.717) is 6.54 Å². The molecule has 1 saturated heterocycles. The number of benzene rings is 1. The molecule has 1 aromatic heterocycles. The molecule has 28 heavy (non-hydrogen) atoms. The zero-order valence-electron chi connectivity index (χ0n) is 16.7. The van der Waals surface area contributed by atoms with Crippen LogP contribution in [0.5, 0.6) is 0 Å². The largest absolute Gasteiger partial charge is 0.348 e. The molecule has 3 heterocycles. The molecule has 1 aromatic carbocycles. The molecule has 0 unspecified atom stereocenters. The number of pyridine rings is 1. The number of aryl methyl sites for hydroxylation is 1. The monoisotopic (exact) mass is 378 g/mol. The smallest absolute Gasteiger partial charge is 0.251 e. The Labute approximate surface area is 167 Å². The van der Waals surface area contributed by atoms with E-state index in [9.17, 15) is 4.79 Å². The van der Waals surface area contributed by atoms with Crippen LogP contribution in [0.15, 0.2) is 30.5 Å². The number of fused-ring (bicyclic) bond motifs is 1. The van der Waals surface area contributed by atoms with Crippen LogP contribution in [0.25, 0.3) is 0 Å². The second-order valence-electron chi connectivity index (χ2n) is 8.03. The van der Waals surface area contributed by atoms with Gasteiger partial charge in [-0.2, -0.15) is 0 Å². The summed E-state index contributed by atoms with van der Waals surface area (Å²) in [6.45, 7) is 6.63. The topological polar surface area (TPSA) is 66.0 Å². The summed E-state index contributed by atoms with van der Waals surface area (Å²) in [6, 6.07) is 8.13. The van der Waals surface area contributed by atoms with Crippen molar-refractivity contribution in [2.24, 2.45) is 5.92 Å². The molecule has 5 heteroatoms. The van der Waals surface area contributed by atoms with E-state index in [1.165, 1.54) is 35.1 Å². The van der Waals surface area contributed by atoms with Gasteiger partial charge in [-0.1, -0.05) is 12.1 Å². The molecule has 1 fully saturated rings. The Morgan fingerprint density at radius 1 is 1.21 bits per heavy atom. The third kappa shape index (κ3) is 4.42. The van der Waals surface area contributed by atoms with Crippen LogP contribution in [0.4, 0.5) is 0 Å². The van der Waals surface area contributed by atoms with Crippen molar-refractivity contribution in [2.45, 2.75) is 45.7 Å². The first-order valence-electron chi connectivity index (χ1n) is 10.5. The van der Waals surface area contributed by atoms with Gasteiger partial charge >= 0.3 is 0 Å². The summed E-state index contributed by atoms with van der Waals surface area (Å²) >= 11 is 0. The van der Waals surface area contributed by atoms with E-state index in [-0.39, 0.29) is 5.91 Å². The third-order valence-electron chi connectivity index (χ3n) is 6.07. The summed E-state index contributed by atoms with van der Waals surface area (Å²) in [5.41, 5.74) is 6.82. The van der Waals surface area contributed by atoms with Crippen molar-refractivity contribution in [2.75, 3.05) is 19.6 Å². The molecule has 3 N–H and O–H groups in total. The standard InChI is InChI=1S/C23H30N4O/c1-16-22(21-7-10-25-13-20(21)14-26-16)15-27-23(28)19-4-2-3-18(12-19)11-17-5-8-24-9-6-17/h2-4,12,14,17,24-25H,5-11,13,15H2,1H3,(H,27,28). The number of carbonyl (C=O) groups is 1. The Morgan fingerprint density at radius 3 is 2.93 bits per heavy atom. The van der Waals surface area contributed by atoms with Crippen molar-refractivity contribution in [3.63, 3.8) is 0 Å². The number of carbonyl (C=O) groups excluding carboxylic acids is 1. The van der Waals surface area contributed by atoms with Crippen molar-refractivity contribution in [3.8, 4) is 0 Å². The minimum Gasteiger partial charge on any atom is -0.348 e. The van der Waals surface area contributed by atoms with Crippen LogP contribution in [0.1, 0.15) is 51.1 Å². The number of nitrogens with one attached hydrogen (secondary N) is 3. The minimum absolute atomic E-state index is 0.00176. The highest BCUT2D eigenvalue weighted by molar-refractivity contribution is 5.94. The van der Waals surface area contributed by atoms with Gasteiger partial charge in [0.1, 0.15) is 0 Å². The van der Waals surface area contributed by atoms with Gasteiger partial charge < -0.3 is 16.0 Å². The van der Waals surface area contributed by atoms with Crippen LogP contribution < -0.4 is 16.0 Å². The molecule has 0 aliphatic carbocycles. The van der Waals surface area contributed by atoms with Gasteiger partial charge in [0.25, 0.3) is 5.91 Å². The summed E-state index contributed by atoms with van der Waals surface area (Å²) in [7, 11) is 0. The van der Waals surface area contributed by atoms with Gasteiger partial charge in [-0.3, -0.25) is 9.78 Å². The van der Waals surface area contributed by atoms with Crippen LogP contribution in [-0.2, 0) is 25.9 Å². The predicted octanol–water partition coefficient (Wildman–Crippen LogP) is 2.51. The molecule has 2 aliphatic rings. The van der Waals surface area contributed by atoms with Crippen molar-refractivity contribution in [3.05, 3.63) is 64.0 Å². The normalized spacial score (nSPS) is 17.2. The Hall–Kier alpha value is -2.24. The van der Waals surface area contributed by atoms with E-state index in [1.807, 2.05) is 25.3 Å². The van der Waals surface area contributed by atoms with E-state index in [4.69, 9.17) is 0 Å². The van der Waals surface area contributed by atoms with Crippen LogP contribution in [-0.4, -0.2) is 30.5 Å². The molecule has 5 nitrogen and oxygen atoms in total. The molecular formula is C23H30N4O. The van der Waals surface area contributed by atoms with E-state index >= 15 is 0 Å². The molecule has 4 rings (SSSR count). The van der Waals surface area contributed by atoms with Crippen molar-refractivity contribution >= 4 is 5.91 Å². The van der Waals surface area contributed by atoms with E-state index in [0.717, 1.165) is 56.2 Å². The summed E-state index contributed by atoms with van der Waals surface area (Å²) in [6.07, 6.45) is 6.46. The van der Waals surface area contributed by atoms with E-state index < -0.39 is 0 Å². The Morgan fingerprint density at radius 2 is 2.07 bits per heavy atom. The van der Waals surface area contributed by atoms with E-state index in [1.54, 1.807) is 0 Å². The molecule has 0 atom stereocenters. The highest BCUT2D eigenvalue weighted by Crippen LogP contribution is 2.21. The Bertz CT molecular complexity index is 842. The maximum atomic E-state index is 12.8. The first-order chi connectivity index (χ1) is 13.7. The maximum Gasteiger partial charge on any atom is 0.251 e. The average molecular weight is 379 g/mol. The summed E-state index contributed by atoms with van der Waals surface area (Å²) < 4.78 is 0. The fourth-order valence-electron chi connectivity index (χ4n) is 4.41. The molecule has 0 radical (unpaired) electrons. The summed E-state index contributed by atoms with van der Waals surface area (Å²) in [5.74, 6) is 0.718. The third-order valence-corrected chi connectivity index (χ3v) is 6.07. The molecule has 1 amide bonds. The molecule has 0 spiro atoms. The van der Waals surface area contributed by atoms with Gasteiger partial charge in [-0.05, 0) is 92.5 Å². The minimum atomic E-state index is -0.00176. The van der Waals surface area contributed by atoms with Crippen LogP contribution in [0.3, 0.4) is 0 Å². The Kier molecular flexibility index (Phi) is 6.03. The lowest BCUT2D eigenvalue weighted by atomic mass is 9.90. The quantitative estimate of drug-likeness (QED) is 0.748. The number of rotatable bonds is 5. The second kappa shape index (κ2) is 8.84. The van der Waals surface area contributed by atoms with Crippen LogP contribution in [0.2, 0.25) is 0 Å². The molecule has 148 valence electrons. The fraction of sp³-hybridized carbons (Fsp3) is 0.478. The van der Waals surface area contributed by atoms with Crippen LogP contribution in [0, 0.1) is 12.8 Å². The Balaban J connectivity index is 1.42. The maximum absolute atomic E-state index is 12.8. The molecule has 2 aliphatic heterocycles. The first kappa shape index (κ1) is 19.1. The van der Waals surface area contributed by atoms with Gasteiger partial charge in [0, 0.05) is 30.5 Å². The zero-order valence-corrected chi connectivity index (χ0v) is 16.7. The van der Waals surface area contributed by atoms with Crippen LogP contribution >= 0.6 is 0 Å². The van der Waals surface area contributed by atoms with Gasteiger partial charge in [-0.25, -0.2) is 0 Å². The second-order valence-corrected chi connectivity index (χ2v) is 8.03. The number of hydrogen-bond acceptors (Lipinski definition) is 4. The number of nitrogens with zero attached hydrogens (tertiary/aromatic N) is 1. The van der Waals surface area contributed by atoms with Crippen molar-refractivity contribution in [1.82, 2.24) is 20.9 Å². The van der Waals surface area contributed by atoms with Gasteiger partial charge in [0.2, 0.25) is 0 Å². The first-order valence-corrected chi connectivity index (χ1v) is 10.5. The van der Waals surface area contributed by atoms with Gasteiger partial charge in [0.15, 0.2) is 0 Å². The number of hydrogen-bond donors (Lipinski definition) is 3. The van der Waals surface area contributed by atoms with Gasteiger partial charge in [0.05, 0.1) is 0 Å². The predicted molar refractivity (Wildman–Crippen MR) is 111 cm³/mol. The molecule has 0 saturated carbocycles. The van der Waals surface area contributed by atoms with Crippen molar-refractivity contribution in [1.29, 1.82) is 0 Å². The molecular weight excluding hydrogens is 348 g/mol. The summed E-state index contributed by atoms with van der Waals surface area (Å²) in [4.78, 5) is 17.3. The van der Waals surface area contributed by atoms with Crippen molar-refractivity contribution < 1.29 is 4.79 Å². The lowest BCUT2D eigenvalue weighted by molar-refractivity contribution is 0.0950. The highest BCUT2D eigenvalue weighted by Gasteiger charge is 2.17. The number of amides is 1.